The van der Waals surface area contributed by atoms with E-state index in [1.54, 1.807) is 24.7 Å². The molecule has 3 aromatic carbocycles. The topological polar surface area (TPSA) is 73.1 Å². The molecule has 6 rings (SSSR count). The molecule has 0 atom stereocenters. The van der Waals surface area contributed by atoms with E-state index < -0.39 is 0 Å². The van der Waals surface area contributed by atoms with Gasteiger partial charge in [0.25, 0.3) is 0 Å². The standard InChI is InChI=1S/C29H23N4O2.Pt/c1-29(2,3)22-11-12-25(34)28-21(22)10-13-27(32-28)35-18-8-9-20-19-6-4-5-7-23(19)33(24(20)16-18)26-17-30-14-15-31-26;/h4-15,17,34H,1-3H3;/q-1;. The largest absolute Gasteiger partial charge is 0.506 e. The Balaban J connectivity index is 0.00000267. The van der Waals surface area contributed by atoms with Gasteiger partial charge in [0.15, 0.2) is 5.82 Å². The predicted molar refractivity (Wildman–Crippen MR) is 137 cm³/mol. The summed E-state index contributed by atoms with van der Waals surface area (Å²) >= 11 is 0. The molecule has 0 aliphatic rings. The van der Waals surface area contributed by atoms with E-state index in [1.165, 1.54) is 0 Å². The van der Waals surface area contributed by atoms with E-state index in [2.05, 4.69) is 53.9 Å². The third-order valence-electron chi connectivity index (χ3n) is 6.17. The second-order valence-electron chi connectivity index (χ2n) is 9.53. The zero-order valence-corrected chi connectivity index (χ0v) is 22.2. The monoisotopic (exact) mass is 654 g/mol. The molecule has 1 N–H and O–H groups in total. The Morgan fingerprint density at radius 2 is 1.69 bits per heavy atom. The second kappa shape index (κ2) is 9.03. The van der Waals surface area contributed by atoms with Crippen LogP contribution in [0.2, 0.25) is 0 Å². The van der Waals surface area contributed by atoms with Crippen molar-refractivity contribution in [1.82, 2.24) is 19.5 Å². The van der Waals surface area contributed by atoms with Gasteiger partial charge in [0.2, 0.25) is 5.88 Å². The van der Waals surface area contributed by atoms with Gasteiger partial charge in [0, 0.05) is 56.2 Å². The zero-order chi connectivity index (χ0) is 24.2. The maximum Gasteiger partial charge on any atom is 0.217 e. The van der Waals surface area contributed by atoms with Crippen LogP contribution in [0.25, 0.3) is 38.5 Å². The van der Waals surface area contributed by atoms with Crippen molar-refractivity contribution >= 4 is 32.7 Å². The summed E-state index contributed by atoms with van der Waals surface area (Å²) in [6, 6.07) is 22.9. The van der Waals surface area contributed by atoms with Crippen molar-refractivity contribution < 1.29 is 30.9 Å². The van der Waals surface area contributed by atoms with Crippen molar-refractivity contribution in [3.8, 4) is 23.2 Å². The molecule has 7 heteroatoms. The van der Waals surface area contributed by atoms with E-state index in [0.717, 1.165) is 32.8 Å². The summed E-state index contributed by atoms with van der Waals surface area (Å²) in [6.45, 7) is 6.43. The fraction of sp³-hybridized carbons (Fsp3) is 0.138. The summed E-state index contributed by atoms with van der Waals surface area (Å²) in [5.41, 5.74) is 3.40. The molecule has 36 heavy (non-hydrogen) atoms. The van der Waals surface area contributed by atoms with Crippen LogP contribution in [-0.4, -0.2) is 24.6 Å². The Hall–Kier alpha value is -3.76. The van der Waals surface area contributed by atoms with Crippen LogP contribution in [-0.2, 0) is 26.5 Å². The number of nitrogens with zero attached hydrogens (tertiary/aromatic N) is 4. The van der Waals surface area contributed by atoms with Crippen molar-refractivity contribution in [2.45, 2.75) is 26.2 Å². The first-order chi connectivity index (χ1) is 16.9. The van der Waals surface area contributed by atoms with Gasteiger partial charge in [0.05, 0.1) is 6.20 Å². The number of ether oxygens (including phenoxy) is 1. The number of benzene rings is 3. The third kappa shape index (κ3) is 4.02. The van der Waals surface area contributed by atoms with Gasteiger partial charge in [-0.2, -0.15) is 6.07 Å². The number of aromatic hydroxyl groups is 1. The molecule has 0 aliphatic carbocycles. The number of pyridine rings is 1. The van der Waals surface area contributed by atoms with Crippen LogP contribution < -0.4 is 4.74 Å². The fourth-order valence-corrected chi connectivity index (χ4v) is 4.59. The maximum absolute atomic E-state index is 10.5. The minimum absolute atomic E-state index is 0. The number of para-hydroxylation sites is 1. The average molecular weight is 655 g/mol. The number of hydrogen-bond acceptors (Lipinski definition) is 5. The number of phenols is 1. The smallest absolute Gasteiger partial charge is 0.217 e. The summed E-state index contributed by atoms with van der Waals surface area (Å²) in [7, 11) is 0. The Labute approximate surface area is 222 Å². The van der Waals surface area contributed by atoms with E-state index >= 15 is 0 Å². The maximum atomic E-state index is 10.5. The molecule has 0 bridgehead atoms. The van der Waals surface area contributed by atoms with E-state index in [0.29, 0.717) is 23.0 Å². The number of hydrogen-bond donors (Lipinski definition) is 1. The van der Waals surface area contributed by atoms with Crippen molar-refractivity contribution in [3.05, 3.63) is 90.9 Å². The van der Waals surface area contributed by atoms with Crippen molar-refractivity contribution in [3.63, 3.8) is 0 Å². The molecular formula is C29H23N4O2Pt-. The van der Waals surface area contributed by atoms with Crippen LogP contribution in [0.15, 0.2) is 79.3 Å². The molecule has 0 spiro atoms. The summed E-state index contributed by atoms with van der Waals surface area (Å²) in [5.74, 6) is 1.73. The van der Waals surface area contributed by atoms with E-state index in [9.17, 15) is 5.11 Å². The Morgan fingerprint density at radius 1 is 0.889 bits per heavy atom. The molecule has 0 amide bonds. The summed E-state index contributed by atoms with van der Waals surface area (Å²) in [4.78, 5) is 13.4. The van der Waals surface area contributed by atoms with Crippen LogP contribution in [0, 0.1) is 6.07 Å². The van der Waals surface area contributed by atoms with Crippen molar-refractivity contribution in [2.75, 3.05) is 0 Å². The molecule has 0 radical (unpaired) electrons. The second-order valence-corrected chi connectivity index (χ2v) is 9.53. The minimum atomic E-state index is -0.0808. The Bertz CT molecular complexity index is 1720. The van der Waals surface area contributed by atoms with Gasteiger partial charge < -0.3 is 14.4 Å². The van der Waals surface area contributed by atoms with Gasteiger partial charge in [0.1, 0.15) is 11.3 Å². The summed E-state index contributed by atoms with van der Waals surface area (Å²) in [5, 5.41) is 13.5. The van der Waals surface area contributed by atoms with Gasteiger partial charge in [-0.3, -0.25) is 4.98 Å². The van der Waals surface area contributed by atoms with Gasteiger partial charge in [-0.05, 0) is 34.6 Å². The van der Waals surface area contributed by atoms with Crippen LogP contribution in [0.5, 0.6) is 17.4 Å². The van der Waals surface area contributed by atoms with Gasteiger partial charge >= 0.3 is 0 Å². The molecule has 182 valence electrons. The molecule has 3 heterocycles. The first-order valence-corrected chi connectivity index (χ1v) is 11.4. The molecule has 0 fully saturated rings. The van der Waals surface area contributed by atoms with E-state index in [1.807, 2.05) is 47.0 Å². The average Bonchev–Trinajstić information content (AvgIpc) is 3.18. The van der Waals surface area contributed by atoms with Gasteiger partial charge in [-0.25, -0.2) is 9.97 Å². The molecule has 0 aliphatic heterocycles. The molecule has 0 saturated carbocycles. The Morgan fingerprint density at radius 3 is 2.47 bits per heavy atom. The normalized spacial score (nSPS) is 11.6. The summed E-state index contributed by atoms with van der Waals surface area (Å²) in [6.07, 6.45) is 5.06. The van der Waals surface area contributed by atoms with Gasteiger partial charge in [-0.1, -0.05) is 50.6 Å². The number of rotatable bonds is 3. The number of phenolic OH excluding ortho intramolecular Hbond substituents is 1. The fourth-order valence-electron chi connectivity index (χ4n) is 4.59. The SMILES string of the molecule is CC(C)(C)c1ccc(O)c2nc(Oc3[c-]c4c(cc3)c3ccccc3n4-c3cnccn3)ccc12.[Pt]. The first-order valence-electron chi connectivity index (χ1n) is 11.4. The van der Waals surface area contributed by atoms with E-state index in [-0.39, 0.29) is 32.2 Å². The Kier molecular flexibility index (Phi) is 6.01. The van der Waals surface area contributed by atoms with Gasteiger partial charge in [-0.15, -0.1) is 17.5 Å². The predicted octanol–water partition coefficient (Wildman–Crippen LogP) is 6.71. The molecular weight excluding hydrogens is 631 g/mol. The van der Waals surface area contributed by atoms with Crippen LogP contribution in [0.4, 0.5) is 0 Å². The molecule has 6 aromatic rings. The number of aromatic nitrogens is 4. The first kappa shape index (κ1) is 24.0. The van der Waals surface area contributed by atoms with E-state index in [4.69, 9.17) is 4.74 Å². The molecule has 0 saturated heterocycles. The van der Waals surface area contributed by atoms with Crippen molar-refractivity contribution in [1.29, 1.82) is 0 Å². The minimum Gasteiger partial charge on any atom is -0.506 e. The van der Waals surface area contributed by atoms with Crippen molar-refractivity contribution in [2.24, 2.45) is 0 Å². The van der Waals surface area contributed by atoms with Crippen LogP contribution in [0.3, 0.4) is 0 Å². The third-order valence-corrected chi connectivity index (χ3v) is 6.17. The molecule has 6 nitrogen and oxygen atoms in total. The number of fused-ring (bicyclic) bond motifs is 4. The van der Waals surface area contributed by atoms with Crippen LogP contribution >= 0.6 is 0 Å². The quantitative estimate of drug-likeness (QED) is 0.215. The summed E-state index contributed by atoms with van der Waals surface area (Å²) < 4.78 is 8.16. The van der Waals surface area contributed by atoms with Crippen LogP contribution in [0.1, 0.15) is 26.3 Å². The molecule has 0 unspecified atom stereocenters. The molecule has 3 aromatic heterocycles. The zero-order valence-electron chi connectivity index (χ0n) is 20.0.